The van der Waals surface area contributed by atoms with Crippen LogP contribution < -0.4 is 10.6 Å². The number of carboxylic acids is 1. The molecule has 1 amide bonds. The van der Waals surface area contributed by atoms with Crippen LogP contribution in [0.5, 0.6) is 5.75 Å². The van der Waals surface area contributed by atoms with Gasteiger partial charge in [-0.05, 0) is 56.5 Å². The fourth-order valence-electron chi connectivity index (χ4n) is 2.51. The van der Waals surface area contributed by atoms with E-state index in [1.807, 2.05) is 0 Å². The van der Waals surface area contributed by atoms with Crippen LogP contribution >= 0.6 is 0 Å². The van der Waals surface area contributed by atoms with Gasteiger partial charge in [0.25, 0.3) is 0 Å². The average molecular weight is 292 g/mol. The summed E-state index contributed by atoms with van der Waals surface area (Å²) in [4.78, 5) is 22.8. The zero-order valence-corrected chi connectivity index (χ0v) is 11.8. The lowest BCUT2D eigenvalue weighted by Gasteiger charge is -2.22. The van der Waals surface area contributed by atoms with Gasteiger partial charge in [0.2, 0.25) is 5.91 Å². The topological polar surface area (TPSA) is 98.7 Å². The van der Waals surface area contributed by atoms with Crippen molar-refractivity contribution in [1.82, 2.24) is 5.32 Å². The van der Waals surface area contributed by atoms with Crippen molar-refractivity contribution in [2.45, 2.75) is 25.7 Å². The Balaban J connectivity index is 1.87. The van der Waals surface area contributed by atoms with Crippen molar-refractivity contribution in [3.63, 3.8) is 0 Å². The first-order valence-electron chi connectivity index (χ1n) is 7.13. The normalized spacial score (nSPS) is 15.6. The van der Waals surface area contributed by atoms with Crippen LogP contribution in [0, 0.1) is 5.92 Å². The summed E-state index contributed by atoms with van der Waals surface area (Å²) in [7, 11) is 0. The lowest BCUT2D eigenvalue weighted by molar-refractivity contribution is -0.116. The number of benzene rings is 1. The lowest BCUT2D eigenvalue weighted by atomic mass is 9.93. The second-order valence-corrected chi connectivity index (χ2v) is 5.32. The maximum Gasteiger partial charge on any atom is 0.339 e. The molecule has 1 heterocycles. The molecule has 6 heteroatoms. The fraction of sp³-hybridized carbons (Fsp3) is 0.467. The van der Waals surface area contributed by atoms with E-state index in [4.69, 9.17) is 5.11 Å². The molecule has 0 unspecified atom stereocenters. The highest BCUT2D eigenvalue weighted by molar-refractivity contribution is 5.95. The number of hydrogen-bond donors (Lipinski definition) is 4. The lowest BCUT2D eigenvalue weighted by Crippen LogP contribution is -2.28. The molecule has 0 spiro atoms. The Bertz CT molecular complexity index is 524. The van der Waals surface area contributed by atoms with Crippen LogP contribution in [0.2, 0.25) is 0 Å². The highest BCUT2D eigenvalue weighted by Crippen LogP contribution is 2.22. The number of nitrogens with one attached hydrogen (secondary N) is 2. The molecule has 1 aliphatic heterocycles. The third kappa shape index (κ3) is 4.46. The molecule has 0 aliphatic carbocycles. The molecule has 1 aliphatic rings. The van der Waals surface area contributed by atoms with E-state index in [9.17, 15) is 14.7 Å². The first-order valence-corrected chi connectivity index (χ1v) is 7.13. The smallest absolute Gasteiger partial charge is 0.339 e. The van der Waals surface area contributed by atoms with Gasteiger partial charge in [-0.25, -0.2) is 4.79 Å². The Morgan fingerprint density at radius 2 is 2.00 bits per heavy atom. The van der Waals surface area contributed by atoms with E-state index in [1.54, 1.807) is 0 Å². The first-order chi connectivity index (χ1) is 10.1. The van der Waals surface area contributed by atoms with E-state index in [2.05, 4.69) is 10.6 Å². The van der Waals surface area contributed by atoms with E-state index in [-0.39, 0.29) is 17.2 Å². The number of aromatic carboxylic acids is 1. The van der Waals surface area contributed by atoms with Crippen molar-refractivity contribution in [3.05, 3.63) is 23.8 Å². The molecule has 0 radical (unpaired) electrons. The van der Waals surface area contributed by atoms with Crippen LogP contribution in [-0.4, -0.2) is 35.2 Å². The molecule has 1 saturated heterocycles. The summed E-state index contributed by atoms with van der Waals surface area (Å²) in [5, 5.41) is 24.3. The second-order valence-electron chi connectivity index (χ2n) is 5.32. The van der Waals surface area contributed by atoms with Gasteiger partial charge in [-0.15, -0.1) is 0 Å². The monoisotopic (exact) mass is 292 g/mol. The zero-order valence-electron chi connectivity index (χ0n) is 11.8. The first kappa shape index (κ1) is 15.3. The van der Waals surface area contributed by atoms with Gasteiger partial charge < -0.3 is 20.8 Å². The molecule has 21 heavy (non-hydrogen) atoms. The number of piperidine rings is 1. The van der Waals surface area contributed by atoms with Gasteiger partial charge in [-0.2, -0.15) is 0 Å². The Hall–Kier alpha value is -2.08. The van der Waals surface area contributed by atoms with E-state index in [0.717, 1.165) is 32.4 Å². The molecule has 4 N–H and O–H groups in total. The predicted molar refractivity (Wildman–Crippen MR) is 78.5 cm³/mol. The molecule has 114 valence electrons. The SMILES string of the molecule is O=C(CCC1CCNCC1)Nc1ccc(O)c(C(=O)O)c1. The summed E-state index contributed by atoms with van der Waals surface area (Å²) >= 11 is 0. The fourth-order valence-corrected chi connectivity index (χ4v) is 2.51. The van der Waals surface area contributed by atoms with Gasteiger partial charge in [0, 0.05) is 12.1 Å². The summed E-state index contributed by atoms with van der Waals surface area (Å²) in [6, 6.07) is 4.02. The number of aromatic hydroxyl groups is 1. The van der Waals surface area contributed by atoms with Gasteiger partial charge in [-0.3, -0.25) is 4.79 Å². The van der Waals surface area contributed by atoms with Crippen LogP contribution in [0.4, 0.5) is 5.69 Å². The number of carbonyl (C=O) groups is 2. The second kappa shape index (κ2) is 7.08. The third-order valence-electron chi connectivity index (χ3n) is 3.75. The minimum Gasteiger partial charge on any atom is -0.507 e. The number of carbonyl (C=O) groups excluding carboxylic acids is 1. The number of amides is 1. The van der Waals surface area contributed by atoms with Gasteiger partial charge in [-0.1, -0.05) is 0 Å². The predicted octanol–water partition coefficient (Wildman–Crippen LogP) is 1.81. The number of phenols is 1. The van der Waals surface area contributed by atoms with Crippen molar-refractivity contribution in [3.8, 4) is 5.75 Å². The minimum atomic E-state index is -1.22. The zero-order chi connectivity index (χ0) is 15.2. The maximum atomic E-state index is 11.9. The van der Waals surface area contributed by atoms with Gasteiger partial charge in [0.1, 0.15) is 11.3 Å². The molecular weight excluding hydrogens is 272 g/mol. The minimum absolute atomic E-state index is 0.129. The van der Waals surface area contributed by atoms with Gasteiger partial charge in [0.15, 0.2) is 0 Å². The molecule has 1 fully saturated rings. The van der Waals surface area contributed by atoms with Crippen molar-refractivity contribution in [1.29, 1.82) is 0 Å². The summed E-state index contributed by atoms with van der Waals surface area (Å²) in [6.07, 6.45) is 3.45. The number of rotatable bonds is 5. The molecule has 0 bridgehead atoms. The van der Waals surface area contributed by atoms with Crippen LogP contribution in [0.1, 0.15) is 36.0 Å². The largest absolute Gasteiger partial charge is 0.507 e. The Morgan fingerprint density at radius 3 is 2.67 bits per heavy atom. The Kier molecular flexibility index (Phi) is 5.16. The molecule has 6 nitrogen and oxygen atoms in total. The van der Waals surface area contributed by atoms with Crippen LogP contribution in [0.3, 0.4) is 0 Å². The summed E-state index contributed by atoms with van der Waals surface area (Å²) < 4.78 is 0. The number of hydrogen-bond acceptors (Lipinski definition) is 4. The van der Waals surface area contributed by atoms with E-state index in [0.29, 0.717) is 18.0 Å². The molecule has 1 aromatic carbocycles. The quantitative estimate of drug-likeness (QED) is 0.620. The van der Waals surface area contributed by atoms with Gasteiger partial charge >= 0.3 is 5.97 Å². The van der Waals surface area contributed by atoms with Crippen molar-refractivity contribution < 1.29 is 19.8 Å². The van der Waals surface area contributed by atoms with Crippen LogP contribution in [0.15, 0.2) is 18.2 Å². The molecule has 1 aromatic rings. The molecular formula is C15H20N2O4. The summed E-state index contributed by atoms with van der Waals surface area (Å²) in [5.74, 6) is -1.09. The van der Waals surface area contributed by atoms with Crippen LogP contribution in [0.25, 0.3) is 0 Å². The van der Waals surface area contributed by atoms with Crippen molar-refractivity contribution in [2.24, 2.45) is 5.92 Å². The van der Waals surface area contributed by atoms with Crippen molar-refractivity contribution >= 4 is 17.6 Å². The standard InChI is InChI=1S/C15H20N2O4/c18-13-3-2-11(9-12(13)15(20)21)17-14(19)4-1-10-5-7-16-8-6-10/h2-3,9-10,16,18H,1,4-8H2,(H,17,19)(H,20,21). The van der Waals surface area contributed by atoms with E-state index >= 15 is 0 Å². The summed E-state index contributed by atoms with van der Waals surface area (Å²) in [6.45, 7) is 2.01. The van der Waals surface area contributed by atoms with Crippen LogP contribution in [-0.2, 0) is 4.79 Å². The molecule has 0 saturated carbocycles. The Labute approximate surface area is 123 Å². The van der Waals surface area contributed by atoms with Gasteiger partial charge in [0.05, 0.1) is 0 Å². The number of anilines is 1. The Morgan fingerprint density at radius 1 is 1.29 bits per heavy atom. The molecule has 2 rings (SSSR count). The number of carboxylic acid groups (broad SMARTS) is 1. The molecule has 0 aromatic heterocycles. The highest BCUT2D eigenvalue weighted by atomic mass is 16.4. The average Bonchev–Trinajstić information content (AvgIpc) is 2.48. The highest BCUT2D eigenvalue weighted by Gasteiger charge is 2.15. The van der Waals surface area contributed by atoms with E-state index in [1.165, 1.54) is 18.2 Å². The van der Waals surface area contributed by atoms with E-state index < -0.39 is 5.97 Å². The van der Waals surface area contributed by atoms with Crippen molar-refractivity contribution in [2.75, 3.05) is 18.4 Å². The summed E-state index contributed by atoms with van der Waals surface area (Å²) in [5.41, 5.74) is 0.173. The third-order valence-corrected chi connectivity index (χ3v) is 3.75. The molecule has 0 atom stereocenters. The maximum absolute atomic E-state index is 11.9.